The maximum absolute atomic E-state index is 5.75. The van der Waals surface area contributed by atoms with Crippen molar-refractivity contribution in [2.45, 2.75) is 6.92 Å². The number of nitrogen functional groups attached to an aromatic ring is 1. The lowest BCUT2D eigenvalue weighted by atomic mass is 10.3. The molecule has 2 heterocycles. The Bertz CT molecular complexity index is 523. The third-order valence-electron chi connectivity index (χ3n) is 2.51. The first-order valence-electron chi connectivity index (χ1n) is 5.35. The second kappa shape index (κ2) is 5.10. The number of hydrogen-bond acceptors (Lipinski definition) is 6. The Balaban J connectivity index is 2.43. The number of aromatic nitrogens is 2. The fourth-order valence-corrected chi connectivity index (χ4v) is 3.01. The van der Waals surface area contributed by atoms with Gasteiger partial charge < -0.3 is 10.6 Å². The summed E-state index contributed by atoms with van der Waals surface area (Å²) in [6, 6.07) is 2.13. The summed E-state index contributed by atoms with van der Waals surface area (Å²) in [7, 11) is 2.05. The first kappa shape index (κ1) is 12.4. The van der Waals surface area contributed by atoms with Crippen molar-refractivity contribution in [3.8, 4) is 0 Å². The van der Waals surface area contributed by atoms with E-state index in [0.717, 1.165) is 28.3 Å². The van der Waals surface area contributed by atoms with Gasteiger partial charge in [0.2, 0.25) is 5.95 Å². The Kier molecular flexibility index (Phi) is 3.73. The van der Waals surface area contributed by atoms with Crippen molar-refractivity contribution in [3.05, 3.63) is 10.9 Å². The molecule has 4 nitrogen and oxygen atoms in total. The average Bonchev–Trinajstić information content (AvgIpc) is 2.64. The number of rotatable bonds is 4. The third-order valence-corrected chi connectivity index (χ3v) is 4.04. The van der Waals surface area contributed by atoms with Crippen LogP contribution < -0.4 is 10.6 Å². The summed E-state index contributed by atoms with van der Waals surface area (Å²) in [6.45, 7) is 3.04. The molecule has 6 heteroatoms. The van der Waals surface area contributed by atoms with E-state index in [-0.39, 0.29) is 0 Å². The summed E-state index contributed by atoms with van der Waals surface area (Å²) in [5.74, 6) is 2.36. The fourth-order valence-electron chi connectivity index (χ4n) is 1.67. The van der Waals surface area contributed by atoms with Gasteiger partial charge in [-0.25, -0.2) is 4.98 Å². The monoisotopic (exact) mass is 268 g/mol. The SMILES string of the molecule is CSCCN(C)c1nc(N)nc2sc(C)cc12. The normalized spacial score (nSPS) is 11.0. The maximum Gasteiger partial charge on any atom is 0.223 e. The summed E-state index contributed by atoms with van der Waals surface area (Å²) in [4.78, 5) is 13.0. The van der Waals surface area contributed by atoms with Crippen LogP contribution in [0.5, 0.6) is 0 Å². The molecule has 17 heavy (non-hydrogen) atoms. The van der Waals surface area contributed by atoms with E-state index < -0.39 is 0 Å². The van der Waals surface area contributed by atoms with E-state index in [1.165, 1.54) is 4.88 Å². The van der Waals surface area contributed by atoms with Crippen molar-refractivity contribution in [1.29, 1.82) is 0 Å². The van der Waals surface area contributed by atoms with Crippen LogP contribution in [0.3, 0.4) is 0 Å². The highest BCUT2D eigenvalue weighted by Gasteiger charge is 2.12. The van der Waals surface area contributed by atoms with Crippen molar-refractivity contribution >= 4 is 45.1 Å². The van der Waals surface area contributed by atoms with E-state index in [0.29, 0.717) is 5.95 Å². The molecule has 0 aliphatic carbocycles. The van der Waals surface area contributed by atoms with E-state index in [1.54, 1.807) is 11.3 Å². The highest BCUT2D eigenvalue weighted by molar-refractivity contribution is 7.98. The largest absolute Gasteiger partial charge is 0.368 e. The molecular formula is C11H16N4S2. The van der Waals surface area contributed by atoms with Crippen LogP contribution in [-0.4, -0.2) is 35.6 Å². The predicted molar refractivity (Wildman–Crippen MR) is 78.2 cm³/mol. The molecule has 2 rings (SSSR count). The Labute approximate surface area is 109 Å². The molecule has 0 unspecified atom stereocenters. The molecule has 92 valence electrons. The highest BCUT2D eigenvalue weighted by Crippen LogP contribution is 2.30. The molecule has 0 aliphatic heterocycles. The molecule has 0 atom stereocenters. The minimum atomic E-state index is 0.352. The van der Waals surface area contributed by atoms with Gasteiger partial charge in [-0.2, -0.15) is 16.7 Å². The standard InChI is InChI=1S/C11H16N4S2/c1-7-6-8-9(15(2)4-5-16-3)13-11(12)14-10(8)17-7/h6H,4-5H2,1-3H3,(H2,12,13,14). The molecule has 2 N–H and O–H groups in total. The Morgan fingerprint density at radius 3 is 2.94 bits per heavy atom. The quantitative estimate of drug-likeness (QED) is 0.922. The van der Waals surface area contributed by atoms with Gasteiger partial charge >= 0.3 is 0 Å². The van der Waals surface area contributed by atoms with E-state index in [2.05, 4.69) is 34.1 Å². The molecule has 0 saturated heterocycles. The van der Waals surface area contributed by atoms with E-state index in [1.807, 2.05) is 18.8 Å². The number of thiophene rings is 1. The van der Waals surface area contributed by atoms with Crippen LogP contribution in [0, 0.1) is 6.92 Å². The summed E-state index contributed by atoms with van der Waals surface area (Å²) in [5.41, 5.74) is 5.75. The molecule has 0 aliphatic rings. The highest BCUT2D eigenvalue weighted by atomic mass is 32.2. The maximum atomic E-state index is 5.75. The number of thioether (sulfide) groups is 1. The first-order chi connectivity index (χ1) is 8.11. The van der Waals surface area contributed by atoms with Crippen LogP contribution in [-0.2, 0) is 0 Å². The molecule has 0 fully saturated rings. The number of nitrogens with two attached hydrogens (primary N) is 1. The van der Waals surface area contributed by atoms with Crippen molar-refractivity contribution in [1.82, 2.24) is 9.97 Å². The Hall–Kier alpha value is -1.01. The van der Waals surface area contributed by atoms with Gasteiger partial charge in [0, 0.05) is 24.2 Å². The van der Waals surface area contributed by atoms with E-state index >= 15 is 0 Å². The molecular weight excluding hydrogens is 252 g/mol. The smallest absolute Gasteiger partial charge is 0.223 e. The van der Waals surface area contributed by atoms with E-state index in [9.17, 15) is 0 Å². The number of aryl methyl sites for hydroxylation is 1. The molecule has 0 bridgehead atoms. The predicted octanol–water partition coefficient (Wildman–Crippen LogP) is 2.38. The van der Waals surface area contributed by atoms with Crippen molar-refractivity contribution < 1.29 is 0 Å². The van der Waals surface area contributed by atoms with Gasteiger partial charge in [0.1, 0.15) is 10.6 Å². The lowest BCUT2D eigenvalue weighted by Gasteiger charge is -2.18. The van der Waals surface area contributed by atoms with Gasteiger partial charge in [-0.15, -0.1) is 11.3 Å². The Morgan fingerprint density at radius 2 is 2.24 bits per heavy atom. The van der Waals surface area contributed by atoms with Gasteiger partial charge in [-0.05, 0) is 19.2 Å². The van der Waals surface area contributed by atoms with E-state index in [4.69, 9.17) is 5.73 Å². The summed E-state index contributed by atoms with van der Waals surface area (Å²) in [5, 5.41) is 1.10. The molecule has 0 saturated carbocycles. The van der Waals surface area contributed by atoms with Gasteiger partial charge in [-0.1, -0.05) is 0 Å². The lowest BCUT2D eigenvalue weighted by Crippen LogP contribution is -2.22. The number of nitrogens with zero attached hydrogens (tertiary/aromatic N) is 3. The Morgan fingerprint density at radius 1 is 1.47 bits per heavy atom. The van der Waals surface area contributed by atoms with Crippen LogP contribution in [0.25, 0.3) is 10.2 Å². The molecule has 0 spiro atoms. The van der Waals surface area contributed by atoms with Gasteiger partial charge in [0.05, 0.1) is 5.39 Å². The zero-order valence-electron chi connectivity index (χ0n) is 10.2. The van der Waals surface area contributed by atoms with Gasteiger partial charge in [0.25, 0.3) is 0 Å². The third kappa shape index (κ3) is 2.63. The summed E-state index contributed by atoms with van der Waals surface area (Å²) < 4.78 is 0. The molecule has 0 amide bonds. The van der Waals surface area contributed by atoms with Crippen LogP contribution in [0.15, 0.2) is 6.07 Å². The second-order valence-corrected chi connectivity index (χ2v) is 6.12. The summed E-state index contributed by atoms with van der Waals surface area (Å²) >= 11 is 3.48. The average molecular weight is 268 g/mol. The topological polar surface area (TPSA) is 55.0 Å². The first-order valence-corrected chi connectivity index (χ1v) is 7.56. The lowest BCUT2D eigenvalue weighted by molar-refractivity contribution is 0.952. The minimum Gasteiger partial charge on any atom is -0.368 e. The van der Waals surface area contributed by atoms with Crippen LogP contribution >= 0.6 is 23.1 Å². The number of hydrogen-bond donors (Lipinski definition) is 1. The molecule has 0 radical (unpaired) electrons. The summed E-state index contributed by atoms with van der Waals surface area (Å²) in [6.07, 6.45) is 2.10. The van der Waals surface area contributed by atoms with Gasteiger partial charge in [-0.3, -0.25) is 0 Å². The molecule has 0 aromatic carbocycles. The molecule has 2 aromatic heterocycles. The van der Waals surface area contributed by atoms with Crippen LogP contribution in [0.1, 0.15) is 4.88 Å². The zero-order chi connectivity index (χ0) is 12.4. The fraction of sp³-hybridized carbons (Fsp3) is 0.455. The van der Waals surface area contributed by atoms with Gasteiger partial charge in [0.15, 0.2) is 0 Å². The van der Waals surface area contributed by atoms with Crippen LogP contribution in [0.2, 0.25) is 0 Å². The second-order valence-electron chi connectivity index (χ2n) is 3.90. The molecule has 2 aromatic rings. The zero-order valence-corrected chi connectivity index (χ0v) is 11.9. The van der Waals surface area contributed by atoms with Crippen molar-refractivity contribution in [2.24, 2.45) is 0 Å². The minimum absolute atomic E-state index is 0.352. The number of fused-ring (bicyclic) bond motifs is 1. The van der Waals surface area contributed by atoms with Crippen molar-refractivity contribution in [2.75, 3.05) is 36.2 Å². The van der Waals surface area contributed by atoms with Crippen LogP contribution in [0.4, 0.5) is 11.8 Å². The number of anilines is 2. The van der Waals surface area contributed by atoms with Crippen molar-refractivity contribution in [3.63, 3.8) is 0 Å².